The maximum absolute atomic E-state index is 9.31. The minimum Gasteiger partial charge on any atom is -0.469 e. The molecule has 0 spiro atoms. The number of aromatic nitrogens is 1. The Kier molecular flexibility index (Phi) is 3.16. The van der Waals surface area contributed by atoms with Crippen LogP contribution in [0.4, 0.5) is 0 Å². The molecule has 0 bridgehead atoms. The van der Waals surface area contributed by atoms with Crippen LogP contribution in [-0.2, 0) is 13.2 Å². The highest BCUT2D eigenvalue weighted by molar-refractivity contribution is 5.89. The van der Waals surface area contributed by atoms with Gasteiger partial charge in [-0.25, -0.2) is 4.98 Å². The fourth-order valence-corrected chi connectivity index (χ4v) is 2.00. The number of hydrogen-bond acceptors (Lipinski definition) is 4. The molecule has 1 aromatic carbocycles. The third-order valence-electron chi connectivity index (χ3n) is 2.94. The van der Waals surface area contributed by atoms with Crippen LogP contribution < -0.4 is 4.74 Å². The van der Waals surface area contributed by atoms with E-state index in [0.717, 1.165) is 22.1 Å². The lowest BCUT2D eigenvalue weighted by atomic mass is 10.1. The van der Waals surface area contributed by atoms with E-state index in [0.29, 0.717) is 12.5 Å². The summed E-state index contributed by atoms with van der Waals surface area (Å²) in [7, 11) is 0. The van der Waals surface area contributed by atoms with Crippen LogP contribution in [0, 0.1) is 0 Å². The predicted molar refractivity (Wildman–Crippen MR) is 70.7 cm³/mol. The summed E-state index contributed by atoms with van der Waals surface area (Å²) in [4.78, 5) is 4.25. The van der Waals surface area contributed by atoms with Gasteiger partial charge in [-0.2, -0.15) is 0 Å². The molecule has 0 aliphatic rings. The highest BCUT2D eigenvalue weighted by Crippen LogP contribution is 2.26. The molecular weight excluding hydrogens is 242 g/mol. The van der Waals surface area contributed by atoms with Crippen molar-refractivity contribution in [3.05, 3.63) is 60.2 Å². The maximum atomic E-state index is 9.31. The van der Waals surface area contributed by atoms with Gasteiger partial charge in [-0.3, -0.25) is 0 Å². The SMILES string of the molecule is OCc1cnc(OCc2ccco2)c2ccccc12. The van der Waals surface area contributed by atoms with Crippen LogP contribution in [0.2, 0.25) is 0 Å². The Morgan fingerprint density at radius 2 is 1.95 bits per heavy atom. The number of nitrogens with zero attached hydrogens (tertiary/aromatic N) is 1. The molecule has 0 saturated carbocycles. The van der Waals surface area contributed by atoms with E-state index in [1.807, 2.05) is 36.4 Å². The number of furan rings is 1. The van der Waals surface area contributed by atoms with Crippen molar-refractivity contribution in [1.29, 1.82) is 0 Å². The van der Waals surface area contributed by atoms with Crippen molar-refractivity contribution in [3.8, 4) is 5.88 Å². The highest BCUT2D eigenvalue weighted by atomic mass is 16.5. The Balaban J connectivity index is 1.95. The monoisotopic (exact) mass is 255 g/mol. The molecule has 3 rings (SSSR count). The van der Waals surface area contributed by atoms with Gasteiger partial charge in [0.05, 0.1) is 12.9 Å². The molecule has 4 nitrogen and oxygen atoms in total. The van der Waals surface area contributed by atoms with Gasteiger partial charge < -0.3 is 14.3 Å². The zero-order valence-corrected chi connectivity index (χ0v) is 10.2. The molecule has 0 radical (unpaired) electrons. The molecule has 0 fully saturated rings. The van der Waals surface area contributed by atoms with E-state index in [4.69, 9.17) is 9.15 Å². The number of ether oxygens (including phenoxy) is 1. The average molecular weight is 255 g/mol. The van der Waals surface area contributed by atoms with Crippen LogP contribution >= 0.6 is 0 Å². The summed E-state index contributed by atoms with van der Waals surface area (Å²) in [5, 5.41) is 11.2. The molecule has 0 unspecified atom stereocenters. The second-order valence-corrected chi connectivity index (χ2v) is 4.16. The molecule has 0 aliphatic carbocycles. The zero-order chi connectivity index (χ0) is 13.1. The van der Waals surface area contributed by atoms with Gasteiger partial charge in [0.25, 0.3) is 0 Å². The Labute approximate surface area is 110 Å². The van der Waals surface area contributed by atoms with Crippen molar-refractivity contribution in [1.82, 2.24) is 4.98 Å². The van der Waals surface area contributed by atoms with Gasteiger partial charge in [0.1, 0.15) is 12.4 Å². The standard InChI is InChI=1S/C15H13NO3/c17-9-11-8-16-15(14-6-2-1-5-13(11)14)19-10-12-4-3-7-18-12/h1-8,17H,9-10H2. The molecule has 19 heavy (non-hydrogen) atoms. The topological polar surface area (TPSA) is 55.5 Å². The number of hydrogen-bond donors (Lipinski definition) is 1. The van der Waals surface area contributed by atoms with Crippen LogP contribution in [0.3, 0.4) is 0 Å². The second-order valence-electron chi connectivity index (χ2n) is 4.16. The van der Waals surface area contributed by atoms with Gasteiger partial charge >= 0.3 is 0 Å². The van der Waals surface area contributed by atoms with Crippen LogP contribution in [0.15, 0.2) is 53.3 Å². The first kappa shape index (κ1) is 11.7. The molecule has 2 heterocycles. The first-order valence-electron chi connectivity index (χ1n) is 6.01. The summed E-state index contributed by atoms with van der Waals surface area (Å²) in [5.41, 5.74) is 0.793. The van der Waals surface area contributed by atoms with Crippen molar-refractivity contribution >= 4 is 10.8 Å². The van der Waals surface area contributed by atoms with Gasteiger partial charge in [-0.05, 0) is 23.6 Å². The zero-order valence-electron chi connectivity index (χ0n) is 10.2. The van der Waals surface area contributed by atoms with Crippen LogP contribution in [0.25, 0.3) is 10.8 Å². The van der Waals surface area contributed by atoms with E-state index in [9.17, 15) is 5.11 Å². The fraction of sp³-hybridized carbons (Fsp3) is 0.133. The summed E-state index contributed by atoms with van der Waals surface area (Å²) in [5.74, 6) is 1.29. The first-order chi connectivity index (χ1) is 9.38. The minimum absolute atomic E-state index is 0.0357. The third kappa shape index (κ3) is 2.30. The molecule has 0 aliphatic heterocycles. The lowest BCUT2D eigenvalue weighted by molar-refractivity contribution is 0.262. The lowest BCUT2D eigenvalue weighted by Gasteiger charge is -2.09. The summed E-state index contributed by atoms with van der Waals surface area (Å²) in [6.07, 6.45) is 3.25. The lowest BCUT2D eigenvalue weighted by Crippen LogP contribution is -1.98. The molecule has 2 aromatic heterocycles. The number of aliphatic hydroxyl groups is 1. The van der Waals surface area contributed by atoms with Gasteiger partial charge in [0.15, 0.2) is 0 Å². The number of pyridine rings is 1. The van der Waals surface area contributed by atoms with E-state index in [-0.39, 0.29) is 6.61 Å². The third-order valence-corrected chi connectivity index (χ3v) is 2.94. The van der Waals surface area contributed by atoms with Crippen LogP contribution in [0.1, 0.15) is 11.3 Å². The van der Waals surface area contributed by atoms with E-state index in [1.165, 1.54) is 0 Å². The average Bonchev–Trinajstić information content (AvgIpc) is 2.98. The molecule has 3 aromatic rings. The van der Waals surface area contributed by atoms with E-state index in [1.54, 1.807) is 12.5 Å². The Morgan fingerprint density at radius 1 is 1.11 bits per heavy atom. The molecule has 96 valence electrons. The Morgan fingerprint density at radius 3 is 2.68 bits per heavy atom. The van der Waals surface area contributed by atoms with Crippen LogP contribution in [0.5, 0.6) is 5.88 Å². The molecule has 0 amide bonds. The number of aliphatic hydroxyl groups excluding tert-OH is 1. The van der Waals surface area contributed by atoms with Gasteiger partial charge in [0.2, 0.25) is 5.88 Å². The van der Waals surface area contributed by atoms with E-state index < -0.39 is 0 Å². The smallest absolute Gasteiger partial charge is 0.221 e. The molecule has 1 N–H and O–H groups in total. The summed E-state index contributed by atoms with van der Waals surface area (Å²) in [6.45, 7) is 0.300. The number of benzene rings is 1. The van der Waals surface area contributed by atoms with E-state index >= 15 is 0 Å². The Hall–Kier alpha value is -2.33. The van der Waals surface area contributed by atoms with Gasteiger partial charge in [-0.1, -0.05) is 18.2 Å². The van der Waals surface area contributed by atoms with Crippen molar-refractivity contribution < 1.29 is 14.3 Å². The largest absolute Gasteiger partial charge is 0.469 e. The van der Waals surface area contributed by atoms with Crippen molar-refractivity contribution in [2.45, 2.75) is 13.2 Å². The minimum atomic E-state index is -0.0357. The fourth-order valence-electron chi connectivity index (χ4n) is 2.00. The quantitative estimate of drug-likeness (QED) is 0.778. The maximum Gasteiger partial charge on any atom is 0.221 e. The predicted octanol–water partition coefficient (Wildman–Crippen LogP) is 2.90. The highest BCUT2D eigenvalue weighted by Gasteiger charge is 2.08. The van der Waals surface area contributed by atoms with Crippen molar-refractivity contribution in [3.63, 3.8) is 0 Å². The summed E-state index contributed by atoms with van der Waals surface area (Å²) >= 11 is 0. The van der Waals surface area contributed by atoms with Crippen molar-refractivity contribution in [2.75, 3.05) is 0 Å². The molecule has 4 heteroatoms. The van der Waals surface area contributed by atoms with Crippen LogP contribution in [-0.4, -0.2) is 10.1 Å². The first-order valence-corrected chi connectivity index (χ1v) is 6.01. The van der Waals surface area contributed by atoms with Gasteiger partial charge in [-0.15, -0.1) is 0 Å². The second kappa shape index (κ2) is 5.12. The molecule has 0 atom stereocenters. The summed E-state index contributed by atoms with van der Waals surface area (Å²) < 4.78 is 10.9. The Bertz CT molecular complexity index is 677. The number of rotatable bonds is 4. The van der Waals surface area contributed by atoms with E-state index in [2.05, 4.69) is 4.98 Å². The number of fused-ring (bicyclic) bond motifs is 1. The van der Waals surface area contributed by atoms with Crippen molar-refractivity contribution in [2.24, 2.45) is 0 Å². The summed E-state index contributed by atoms with van der Waals surface area (Å²) in [6, 6.07) is 11.4. The normalized spacial score (nSPS) is 10.8. The molecule has 0 saturated heterocycles. The molecular formula is C15H13NO3. The van der Waals surface area contributed by atoms with Gasteiger partial charge in [0, 0.05) is 17.1 Å².